The number of rotatable bonds is 5. The van der Waals surface area contributed by atoms with Crippen LogP contribution in [-0.4, -0.2) is 15.0 Å². The highest BCUT2D eigenvalue weighted by Gasteiger charge is 2.42. The van der Waals surface area contributed by atoms with E-state index in [1.165, 1.54) is 0 Å². The van der Waals surface area contributed by atoms with E-state index in [0.29, 0.717) is 16.7 Å². The van der Waals surface area contributed by atoms with Gasteiger partial charge < -0.3 is 19.1 Å². The van der Waals surface area contributed by atoms with Crippen LogP contribution in [0.3, 0.4) is 0 Å². The highest BCUT2D eigenvalue weighted by molar-refractivity contribution is 7.80. The minimum atomic E-state index is -0.180. The largest absolute Gasteiger partial charge is 0.467 e. The van der Waals surface area contributed by atoms with E-state index < -0.39 is 0 Å². The first-order valence-corrected chi connectivity index (χ1v) is 10.8. The Morgan fingerprint density at radius 1 is 1.13 bits per heavy atom. The second kappa shape index (κ2) is 8.21. The minimum Gasteiger partial charge on any atom is -0.467 e. The average molecular weight is 450 g/mol. The van der Waals surface area contributed by atoms with Crippen molar-refractivity contribution in [2.45, 2.75) is 25.6 Å². The number of pyridine rings is 1. The fourth-order valence-electron chi connectivity index (χ4n) is 3.97. The maximum atomic E-state index is 6.38. The first-order valence-electron chi connectivity index (χ1n) is 9.97. The van der Waals surface area contributed by atoms with Crippen LogP contribution in [0.25, 0.3) is 11.3 Å². The van der Waals surface area contributed by atoms with Gasteiger partial charge in [-0.2, -0.15) is 0 Å². The summed E-state index contributed by atoms with van der Waals surface area (Å²) in [6.07, 6.45) is 3.45. The number of nitrogens with zero attached hydrogens (tertiary/aromatic N) is 2. The topological polar surface area (TPSA) is 54.4 Å². The van der Waals surface area contributed by atoms with Crippen molar-refractivity contribution in [1.29, 1.82) is 0 Å². The van der Waals surface area contributed by atoms with Gasteiger partial charge in [0.2, 0.25) is 0 Å². The molecular weight excluding hydrogens is 430 g/mol. The maximum Gasteiger partial charge on any atom is 0.170 e. The molecule has 2 atom stereocenters. The lowest BCUT2D eigenvalue weighted by atomic mass is 10.0. The van der Waals surface area contributed by atoms with Crippen molar-refractivity contribution in [2.24, 2.45) is 0 Å². The van der Waals surface area contributed by atoms with E-state index in [4.69, 9.17) is 32.7 Å². The lowest BCUT2D eigenvalue weighted by Crippen LogP contribution is -2.28. The van der Waals surface area contributed by atoms with Crippen LogP contribution in [0.1, 0.15) is 34.9 Å². The first-order chi connectivity index (χ1) is 15.1. The number of benzene rings is 1. The Hall–Kier alpha value is -3.09. The highest BCUT2D eigenvalue weighted by atomic mass is 35.5. The summed E-state index contributed by atoms with van der Waals surface area (Å²) in [5.74, 6) is 2.39. The maximum absolute atomic E-state index is 6.38. The molecule has 0 radical (unpaired) electrons. The predicted molar refractivity (Wildman–Crippen MR) is 124 cm³/mol. The van der Waals surface area contributed by atoms with Crippen LogP contribution in [0, 0.1) is 6.92 Å². The molecule has 0 unspecified atom stereocenters. The Bertz CT molecular complexity index is 1210. The molecule has 5 nitrogen and oxygen atoms in total. The van der Waals surface area contributed by atoms with Gasteiger partial charge in [0.15, 0.2) is 5.11 Å². The lowest BCUT2D eigenvalue weighted by molar-refractivity contribution is 0.253. The summed E-state index contributed by atoms with van der Waals surface area (Å²) < 4.78 is 12.0. The number of aryl methyl sites for hydroxylation is 1. The van der Waals surface area contributed by atoms with Crippen LogP contribution >= 0.6 is 23.8 Å². The molecule has 3 aromatic heterocycles. The van der Waals surface area contributed by atoms with E-state index in [9.17, 15) is 0 Å². The van der Waals surface area contributed by atoms with E-state index in [2.05, 4.69) is 15.2 Å². The van der Waals surface area contributed by atoms with E-state index in [-0.39, 0.29) is 12.1 Å². The quantitative estimate of drug-likeness (QED) is 0.373. The van der Waals surface area contributed by atoms with Gasteiger partial charge in [-0.3, -0.25) is 4.98 Å². The van der Waals surface area contributed by atoms with E-state index in [0.717, 1.165) is 34.1 Å². The number of nitrogens with one attached hydrogen (secondary N) is 1. The van der Waals surface area contributed by atoms with Gasteiger partial charge in [0, 0.05) is 16.8 Å². The lowest BCUT2D eigenvalue weighted by Gasteiger charge is -2.25. The van der Waals surface area contributed by atoms with Gasteiger partial charge in [0.05, 0.1) is 24.5 Å². The summed E-state index contributed by atoms with van der Waals surface area (Å²) in [4.78, 5) is 6.65. The summed E-state index contributed by atoms with van der Waals surface area (Å²) in [5.41, 5.74) is 2.96. The molecule has 0 bridgehead atoms. The second-order valence-electron chi connectivity index (χ2n) is 7.50. The van der Waals surface area contributed by atoms with Crippen LogP contribution in [0.15, 0.2) is 82.0 Å². The molecule has 0 aliphatic carbocycles. The third kappa shape index (κ3) is 3.84. The summed E-state index contributed by atoms with van der Waals surface area (Å²) in [6, 6.07) is 19.1. The molecule has 0 amide bonds. The molecule has 0 spiro atoms. The van der Waals surface area contributed by atoms with Gasteiger partial charge in [-0.1, -0.05) is 23.7 Å². The molecular formula is C24H20ClN3O2S. The number of hydrogen-bond donors (Lipinski definition) is 1. The van der Waals surface area contributed by atoms with Crippen molar-refractivity contribution in [3.05, 3.63) is 101 Å². The number of halogens is 1. The molecule has 1 saturated heterocycles. The summed E-state index contributed by atoms with van der Waals surface area (Å²) in [7, 11) is 0. The van der Waals surface area contributed by atoms with Crippen LogP contribution in [-0.2, 0) is 6.54 Å². The Morgan fingerprint density at radius 3 is 2.81 bits per heavy atom. The normalized spacial score (nSPS) is 18.4. The Labute approximate surface area is 190 Å². The minimum absolute atomic E-state index is 0.150. The zero-order valence-electron chi connectivity index (χ0n) is 16.8. The smallest absolute Gasteiger partial charge is 0.170 e. The molecule has 31 heavy (non-hydrogen) atoms. The van der Waals surface area contributed by atoms with Crippen molar-refractivity contribution in [3.8, 4) is 11.3 Å². The number of hydrogen-bond acceptors (Lipinski definition) is 4. The van der Waals surface area contributed by atoms with Gasteiger partial charge in [-0.15, -0.1) is 0 Å². The van der Waals surface area contributed by atoms with E-state index >= 15 is 0 Å². The standard InChI is InChI=1S/C24H20ClN3O2S/c1-15-7-8-16(25)13-18(15)20-9-10-21(30-20)23-22(19-6-2-3-11-26-19)27-24(31)28(23)14-17-5-4-12-29-17/h2-13,22-23H,14H2,1H3,(H,27,31)/t22-,23-/m0/s1. The van der Waals surface area contributed by atoms with Gasteiger partial charge in [-0.25, -0.2) is 0 Å². The van der Waals surface area contributed by atoms with Crippen molar-refractivity contribution in [2.75, 3.05) is 0 Å². The van der Waals surface area contributed by atoms with Crippen LogP contribution in [0.5, 0.6) is 0 Å². The third-order valence-electron chi connectivity index (χ3n) is 5.49. The van der Waals surface area contributed by atoms with Crippen molar-refractivity contribution < 1.29 is 8.83 Å². The average Bonchev–Trinajstić information content (AvgIpc) is 3.52. The molecule has 7 heteroatoms. The van der Waals surface area contributed by atoms with Gasteiger partial charge in [0.25, 0.3) is 0 Å². The molecule has 5 rings (SSSR count). The summed E-state index contributed by atoms with van der Waals surface area (Å²) >= 11 is 11.9. The Kier molecular flexibility index (Phi) is 5.26. The van der Waals surface area contributed by atoms with Gasteiger partial charge >= 0.3 is 0 Å². The van der Waals surface area contributed by atoms with Crippen molar-refractivity contribution in [1.82, 2.24) is 15.2 Å². The van der Waals surface area contributed by atoms with Crippen LogP contribution in [0.4, 0.5) is 0 Å². The molecule has 1 aromatic carbocycles. The second-order valence-corrected chi connectivity index (χ2v) is 8.32. The van der Waals surface area contributed by atoms with Crippen LogP contribution < -0.4 is 5.32 Å². The molecule has 0 saturated carbocycles. The fraction of sp³-hybridized carbons (Fsp3) is 0.167. The Morgan fingerprint density at radius 2 is 2.03 bits per heavy atom. The SMILES string of the molecule is Cc1ccc(Cl)cc1-c1ccc([C@H]2[C@H](c3ccccn3)NC(=S)N2Cc2ccco2)o1. The van der Waals surface area contributed by atoms with E-state index in [1.54, 1.807) is 12.5 Å². The number of thiocarbonyl (C=S) groups is 1. The molecule has 1 N–H and O–H groups in total. The Balaban J connectivity index is 1.56. The zero-order valence-corrected chi connectivity index (χ0v) is 18.4. The van der Waals surface area contributed by atoms with Crippen molar-refractivity contribution in [3.63, 3.8) is 0 Å². The molecule has 1 aliphatic rings. The zero-order chi connectivity index (χ0) is 21.4. The van der Waals surface area contributed by atoms with E-state index in [1.807, 2.05) is 67.6 Å². The van der Waals surface area contributed by atoms with Gasteiger partial charge in [0.1, 0.15) is 23.3 Å². The molecule has 1 aliphatic heterocycles. The van der Waals surface area contributed by atoms with Gasteiger partial charge in [-0.05, 0) is 73.2 Å². The fourth-order valence-corrected chi connectivity index (χ4v) is 4.45. The predicted octanol–water partition coefficient (Wildman–Crippen LogP) is 6.07. The van der Waals surface area contributed by atoms with Crippen molar-refractivity contribution >= 4 is 28.9 Å². The van der Waals surface area contributed by atoms with Crippen LogP contribution in [0.2, 0.25) is 5.02 Å². The molecule has 4 heterocycles. The molecule has 156 valence electrons. The molecule has 1 fully saturated rings. The molecule has 4 aromatic rings. The third-order valence-corrected chi connectivity index (χ3v) is 6.07. The number of furan rings is 2. The first kappa shape index (κ1) is 19.8. The monoisotopic (exact) mass is 449 g/mol. The summed E-state index contributed by atoms with van der Waals surface area (Å²) in [5, 5.41) is 4.73. The highest BCUT2D eigenvalue weighted by Crippen LogP contribution is 2.41. The summed E-state index contributed by atoms with van der Waals surface area (Å²) in [6.45, 7) is 2.57. The number of aromatic nitrogens is 1.